The molecule has 18 heavy (non-hydrogen) atoms. The monoisotopic (exact) mass is 313 g/mol. The van der Waals surface area contributed by atoms with E-state index in [2.05, 4.69) is 31.6 Å². The Morgan fingerprint density at radius 2 is 2.22 bits per heavy atom. The minimum absolute atomic E-state index is 0.225. The molecule has 7 heteroatoms. The average Bonchev–Trinajstić information content (AvgIpc) is 2.71. The molecule has 96 valence electrons. The second-order valence-corrected chi connectivity index (χ2v) is 4.86. The van der Waals surface area contributed by atoms with Crippen LogP contribution in [0.3, 0.4) is 0 Å². The maximum Gasteiger partial charge on any atom is 0.124 e. The van der Waals surface area contributed by atoms with E-state index in [1.807, 2.05) is 6.07 Å². The molecular formula is C11H13BrFN5. The van der Waals surface area contributed by atoms with Crippen LogP contribution in [0.2, 0.25) is 0 Å². The van der Waals surface area contributed by atoms with Gasteiger partial charge in [0.1, 0.15) is 11.6 Å². The summed E-state index contributed by atoms with van der Waals surface area (Å²) in [6.07, 6.45) is 2.12. The lowest BCUT2D eigenvalue weighted by atomic mass is 10.0. The van der Waals surface area contributed by atoms with Crippen molar-refractivity contribution in [2.45, 2.75) is 12.5 Å². The SMILES string of the molecule is NNC(Cc1cc(F)cc(Br)c1)c1cn[nH]c1N. The van der Waals surface area contributed by atoms with E-state index in [9.17, 15) is 4.39 Å². The number of nitrogen functional groups attached to an aromatic ring is 1. The average molecular weight is 314 g/mol. The first kappa shape index (κ1) is 13.0. The van der Waals surface area contributed by atoms with E-state index in [4.69, 9.17) is 11.6 Å². The molecule has 1 aromatic carbocycles. The first-order valence-electron chi connectivity index (χ1n) is 5.30. The minimum Gasteiger partial charge on any atom is -0.384 e. The number of hydrazine groups is 1. The largest absolute Gasteiger partial charge is 0.384 e. The van der Waals surface area contributed by atoms with Crippen LogP contribution in [-0.2, 0) is 6.42 Å². The van der Waals surface area contributed by atoms with Crippen LogP contribution < -0.4 is 17.0 Å². The van der Waals surface area contributed by atoms with E-state index in [-0.39, 0.29) is 11.9 Å². The molecule has 0 aliphatic rings. The lowest BCUT2D eigenvalue weighted by Gasteiger charge is -2.15. The zero-order valence-corrected chi connectivity index (χ0v) is 11.0. The van der Waals surface area contributed by atoms with E-state index in [0.29, 0.717) is 16.7 Å². The summed E-state index contributed by atoms with van der Waals surface area (Å²) in [6.45, 7) is 0. The second kappa shape index (κ2) is 5.47. The number of nitrogens with zero attached hydrogens (tertiary/aromatic N) is 1. The highest BCUT2D eigenvalue weighted by atomic mass is 79.9. The van der Waals surface area contributed by atoms with Gasteiger partial charge in [-0.2, -0.15) is 5.10 Å². The van der Waals surface area contributed by atoms with Gasteiger partial charge in [0, 0.05) is 10.0 Å². The Morgan fingerprint density at radius 3 is 2.78 bits per heavy atom. The van der Waals surface area contributed by atoms with Gasteiger partial charge >= 0.3 is 0 Å². The number of anilines is 1. The Bertz CT molecular complexity index is 522. The van der Waals surface area contributed by atoms with Gasteiger partial charge in [-0.3, -0.25) is 16.4 Å². The molecule has 1 atom stereocenters. The van der Waals surface area contributed by atoms with Crippen molar-refractivity contribution in [2.75, 3.05) is 5.73 Å². The second-order valence-electron chi connectivity index (χ2n) is 3.94. The molecule has 0 aliphatic heterocycles. The molecule has 6 N–H and O–H groups in total. The van der Waals surface area contributed by atoms with E-state index >= 15 is 0 Å². The third-order valence-corrected chi connectivity index (χ3v) is 3.10. The fourth-order valence-corrected chi connectivity index (χ4v) is 2.32. The molecule has 1 heterocycles. The summed E-state index contributed by atoms with van der Waals surface area (Å²) in [5.74, 6) is 5.66. The normalized spacial score (nSPS) is 12.6. The fourth-order valence-electron chi connectivity index (χ4n) is 1.81. The summed E-state index contributed by atoms with van der Waals surface area (Å²) in [4.78, 5) is 0. The molecule has 0 saturated heterocycles. The Balaban J connectivity index is 2.23. The van der Waals surface area contributed by atoms with Crippen LogP contribution in [0.15, 0.2) is 28.9 Å². The van der Waals surface area contributed by atoms with Gasteiger partial charge in [-0.1, -0.05) is 15.9 Å². The number of halogens is 2. The Hall–Kier alpha value is -1.44. The first-order chi connectivity index (χ1) is 8.60. The van der Waals surface area contributed by atoms with E-state index < -0.39 is 0 Å². The smallest absolute Gasteiger partial charge is 0.124 e. The first-order valence-corrected chi connectivity index (χ1v) is 6.09. The summed E-state index contributed by atoms with van der Waals surface area (Å²) < 4.78 is 14.0. The zero-order valence-electron chi connectivity index (χ0n) is 9.45. The topological polar surface area (TPSA) is 92.7 Å². The van der Waals surface area contributed by atoms with E-state index in [1.165, 1.54) is 12.1 Å². The molecule has 0 saturated carbocycles. The molecule has 2 aromatic rings. The van der Waals surface area contributed by atoms with E-state index in [0.717, 1.165) is 11.1 Å². The predicted molar refractivity (Wildman–Crippen MR) is 70.9 cm³/mol. The molecule has 5 nitrogen and oxygen atoms in total. The van der Waals surface area contributed by atoms with Crippen LogP contribution in [0.5, 0.6) is 0 Å². The van der Waals surface area contributed by atoms with Crippen molar-refractivity contribution in [1.82, 2.24) is 15.6 Å². The number of aromatic amines is 1. The van der Waals surface area contributed by atoms with Gasteiger partial charge in [0.15, 0.2) is 0 Å². The summed E-state index contributed by atoms with van der Waals surface area (Å²) in [7, 11) is 0. The van der Waals surface area contributed by atoms with Gasteiger partial charge in [0.2, 0.25) is 0 Å². The molecule has 0 radical (unpaired) electrons. The number of nitrogens with two attached hydrogens (primary N) is 2. The maximum atomic E-state index is 13.3. The van der Waals surface area contributed by atoms with Crippen molar-refractivity contribution in [2.24, 2.45) is 5.84 Å². The number of hydrogen-bond donors (Lipinski definition) is 4. The van der Waals surface area contributed by atoms with Crippen molar-refractivity contribution >= 4 is 21.7 Å². The number of aromatic nitrogens is 2. The third-order valence-electron chi connectivity index (χ3n) is 2.64. The lowest BCUT2D eigenvalue weighted by Crippen LogP contribution is -2.29. The summed E-state index contributed by atoms with van der Waals surface area (Å²) in [6, 6.07) is 4.48. The Labute approximate surface area is 112 Å². The molecule has 0 aliphatic carbocycles. The molecule has 1 aromatic heterocycles. The molecule has 0 spiro atoms. The molecule has 0 bridgehead atoms. The van der Waals surface area contributed by atoms with Crippen molar-refractivity contribution in [3.05, 3.63) is 45.8 Å². The predicted octanol–water partition coefficient (Wildman–Crippen LogP) is 1.64. The van der Waals surface area contributed by atoms with Crippen LogP contribution in [0, 0.1) is 5.82 Å². The van der Waals surface area contributed by atoms with Crippen molar-refractivity contribution in [3.63, 3.8) is 0 Å². The fraction of sp³-hybridized carbons (Fsp3) is 0.182. The standard InChI is InChI=1S/C11H13BrFN5/c12-7-1-6(2-8(13)4-7)3-10(17-15)9-5-16-18-11(9)14/h1-2,4-5,10,17H,3,15H2,(H3,14,16,18). The van der Waals surface area contributed by atoms with Gasteiger partial charge in [-0.25, -0.2) is 4.39 Å². The van der Waals surface area contributed by atoms with Gasteiger partial charge in [0.25, 0.3) is 0 Å². The summed E-state index contributed by atoms with van der Waals surface area (Å²) in [5, 5.41) is 6.48. The van der Waals surface area contributed by atoms with Crippen LogP contribution in [-0.4, -0.2) is 10.2 Å². The molecule has 2 rings (SSSR count). The lowest BCUT2D eigenvalue weighted by molar-refractivity contribution is 0.550. The third kappa shape index (κ3) is 2.87. The highest BCUT2D eigenvalue weighted by Crippen LogP contribution is 2.23. The maximum absolute atomic E-state index is 13.3. The number of nitrogens with one attached hydrogen (secondary N) is 2. The molecule has 0 fully saturated rings. The van der Waals surface area contributed by atoms with Crippen LogP contribution in [0.1, 0.15) is 17.2 Å². The van der Waals surface area contributed by atoms with Crippen LogP contribution in [0.4, 0.5) is 10.2 Å². The Kier molecular flexibility index (Phi) is 3.95. The van der Waals surface area contributed by atoms with E-state index in [1.54, 1.807) is 6.20 Å². The highest BCUT2D eigenvalue weighted by Gasteiger charge is 2.15. The molecule has 1 unspecified atom stereocenters. The van der Waals surface area contributed by atoms with Gasteiger partial charge in [-0.15, -0.1) is 0 Å². The quantitative estimate of drug-likeness (QED) is 0.510. The number of hydrogen-bond acceptors (Lipinski definition) is 4. The van der Waals surface area contributed by atoms with Crippen LogP contribution in [0.25, 0.3) is 0 Å². The van der Waals surface area contributed by atoms with Crippen molar-refractivity contribution in [1.29, 1.82) is 0 Å². The number of H-pyrrole nitrogens is 1. The van der Waals surface area contributed by atoms with Gasteiger partial charge < -0.3 is 5.73 Å². The highest BCUT2D eigenvalue weighted by molar-refractivity contribution is 9.10. The minimum atomic E-state index is -0.296. The van der Waals surface area contributed by atoms with Gasteiger partial charge in [-0.05, 0) is 30.2 Å². The molecule has 0 amide bonds. The summed E-state index contributed by atoms with van der Waals surface area (Å²) in [5.41, 5.74) is 9.96. The number of benzene rings is 1. The van der Waals surface area contributed by atoms with Crippen molar-refractivity contribution < 1.29 is 4.39 Å². The van der Waals surface area contributed by atoms with Crippen LogP contribution >= 0.6 is 15.9 Å². The summed E-state index contributed by atoms with van der Waals surface area (Å²) >= 11 is 3.25. The zero-order chi connectivity index (χ0) is 13.1. The van der Waals surface area contributed by atoms with Crippen molar-refractivity contribution in [3.8, 4) is 0 Å². The number of rotatable bonds is 4. The molecular weight excluding hydrogens is 301 g/mol. The Morgan fingerprint density at radius 1 is 1.44 bits per heavy atom. The van der Waals surface area contributed by atoms with Gasteiger partial charge in [0.05, 0.1) is 12.2 Å².